The summed E-state index contributed by atoms with van der Waals surface area (Å²) in [5.74, 6) is 0. The number of hydrogen-bond acceptors (Lipinski definition) is 2. The van der Waals surface area contributed by atoms with E-state index in [0.717, 1.165) is 5.03 Å². The molecule has 0 unspecified atom stereocenters. The Morgan fingerprint density at radius 3 is 2.58 bits per heavy atom. The Morgan fingerprint density at radius 2 is 1.92 bits per heavy atom. The minimum absolute atomic E-state index is 1.02. The van der Waals surface area contributed by atoms with Crippen molar-refractivity contribution in [1.82, 2.24) is 0 Å². The summed E-state index contributed by atoms with van der Waals surface area (Å²) in [6, 6.07) is 8.20. The SMILES string of the molecule is C=C1Nc2ccccc2S1.CC. The predicted octanol–water partition coefficient (Wildman–Crippen LogP) is 3.70. The molecule has 1 heterocycles. The molecule has 0 saturated heterocycles. The number of rotatable bonds is 0. The summed E-state index contributed by atoms with van der Waals surface area (Å²) in [4.78, 5) is 1.27. The monoisotopic (exact) mass is 179 g/mol. The fraction of sp³-hybridized carbons (Fsp3) is 0.200. The average Bonchev–Trinajstić information content (AvgIpc) is 2.48. The molecular weight excluding hydrogens is 166 g/mol. The highest BCUT2D eigenvalue weighted by atomic mass is 32.2. The number of thioether (sulfide) groups is 1. The Labute approximate surface area is 77.9 Å². The van der Waals surface area contributed by atoms with Crippen molar-refractivity contribution in [3.8, 4) is 0 Å². The van der Waals surface area contributed by atoms with Gasteiger partial charge < -0.3 is 5.32 Å². The standard InChI is InChI=1S/C8H7NS.C2H6/c1-6-9-7-4-2-3-5-8(7)10-6;1-2/h2-5,9H,1H2;1-2H3. The number of para-hydroxylation sites is 1. The number of nitrogens with one attached hydrogen (secondary N) is 1. The van der Waals surface area contributed by atoms with Crippen molar-refractivity contribution in [2.45, 2.75) is 18.7 Å². The van der Waals surface area contributed by atoms with Gasteiger partial charge in [-0.3, -0.25) is 0 Å². The lowest BCUT2D eigenvalue weighted by molar-refractivity contribution is 1.46. The van der Waals surface area contributed by atoms with Gasteiger partial charge in [0.25, 0.3) is 0 Å². The molecule has 0 aromatic heterocycles. The molecule has 1 aliphatic rings. The van der Waals surface area contributed by atoms with Gasteiger partial charge in [0.15, 0.2) is 0 Å². The van der Waals surface area contributed by atoms with Gasteiger partial charge in [0.05, 0.1) is 10.7 Å². The summed E-state index contributed by atoms with van der Waals surface area (Å²) in [7, 11) is 0. The zero-order chi connectivity index (χ0) is 8.97. The topological polar surface area (TPSA) is 12.0 Å². The van der Waals surface area contributed by atoms with Crippen molar-refractivity contribution >= 4 is 17.4 Å². The largest absolute Gasteiger partial charge is 0.350 e. The number of fused-ring (bicyclic) bond motifs is 1. The van der Waals surface area contributed by atoms with Crippen LogP contribution in [0.1, 0.15) is 13.8 Å². The third-order valence-corrected chi connectivity index (χ3v) is 2.32. The van der Waals surface area contributed by atoms with Crippen LogP contribution < -0.4 is 5.32 Å². The summed E-state index contributed by atoms with van der Waals surface area (Å²) in [6.07, 6.45) is 0. The summed E-state index contributed by atoms with van der Waals surface area (Å²) in [5.41, 5.74) is 1.18. The van der Waals surface area contributed by atoms with Crippen LogP contribution in [0.25, 0.3) is 0 Å². The second-order valence-corrected chi connectivity index (χ2v) is 3.28. The molecule has 2 rings (SSSR count). The predicted molar refractivity (Wildman–Crippen MR) is 56.4 cm³/mol. The average molecular weight is 179 g/mol. The normalized spacial score (nSPS) is 12.7. The fourth-order valence-electron chi connectivity index (χ4n) is 0.967. The van der Waals surface area contributed by atoms with Crippen molar-refractivity contribution in [3.05, 3.63) is 35.9 Å². The van der Waals surface area contributed by atoms with E-state index in [9.17, 15) is 0 Å². The molecule has 0 amide bonds. The fourth-order valence-corrected chi connectivity index (χ4v) is 1.77. The Morgan fingerprint density at radius 1 is 1.25 bits per heavy atom. The molecule has 0 fully saturated rings. The Bertz CT molecular complexity index is 254. The van der Waals surface area contributed by atoms with E-state index < -0.39 is 0 Å². The van der Waals surface area contributed by atoms with Crippen LogP contribution in [0.2, 0.25) is 0 Å². The lowest BCUT2D eigenvalue weighted by Crippen LogP contribution is -1.84. The molecular formula is C10H13NS. The van der Waals surface area contributed by atoms with Gasteiger partial charge in [-0.05, 0) is 12.1 Å². The minimum Gasteiger partial charge on any atom is -0.350 e. The van der Waals surface area contributed by atoms with Crippen LogP contribution in [0.15, 0.2) is 40.8 Å². The van der Waals surface area contributed by atoms with Crippen LogP contribution in [0.4, 0.5) is 5.69 Å². The summed E-state index contributed by atoms with van der Waals surface area (Å²) in [5, 5.41) is 4.18. The van der Waals surface area contributed by atoms with Crippen LogP contribution >= 0.6 is 11.8 Å². The number of anilines is 1. The van der Waals surface area contributed by atoms with Crippen LogP contribution in [-0.2, 0) is 0 Å². The van der Waals surface area contributed by atoms with E-state index in [0.29, 0.717) is 0 Å². The van der Waals surface area contributed by atoms with Gasteiger partial charge in [-0.1, -0.05) is 44.3 Å². The van der Waals surface area contributed by atoms with Crippen LogP contribution in [0.5, 0.6) is 0 Å². The van der Waals surface area contributed by atoms with E-state index in [1.807, 2.05) is 26.0 Å². The van der Waals surface area contributed by atoms with Crippen molar-refractivity contribution in [1.29, 1.82) is 0 Å². The third kappa shape index (κ3) is 1.83. The molecule has 1 aliphatic heterocycles. The Kier molecular flexibility index (Phi) is 3.23. The zero-order valence-corrected chi connectivity index (χ0v) is 8.24. The Balaban J connectivity index is 0.000000336. The molecule has 1 nitrogen and oxygen atoms in total. The van der Waals surface area contributed by atoms with Gasteiger partial charge in [0.1, 0.15) is 0 Å². The highest BCUT2D eigenvalue weighted by molar-refractivity contribution is 8.03. The second-order valence-electron chi connectivity index (χ2n) is 2.15. The van der Waals surface area contributed by atoms with Gasteiger partial charge >= 0.3 is 0 Å². The lowest BCUT2D eigenvalue weighted by Gasteiger charge is -1.93. The molecule has 1 N–H and O–H groups in total. The van der Waals surface area contributed by atoms with Crippen molar-refractivity contribution in [3.63, 3.8) is 0 Å². The first-order chi connectivity index (χ1) is 5.86. The molecule has 1 aromatic carbocycles. The van der Waals surface area contributed by atoms with E-state index in [4.69, 9.17) is 0 Å². The van der Waals surface area contributed by atoms with E-state index in [1.54, 1.807) is 11.8 Å². The lowest BCUT2D eigenvalue weighted by atomic mass is 10.3. The second kappa shape index (κ2) is 4.21. The first-order valence-electron chi connectivity index (χ1n) is 4.09. The van der Waals surface area contributed by atoms with Crippen LogP contribution in [0, 0.1) is 0 Å². The quantitative estimate of drug-likeness (QED) is 0.651. The minimum atomic E-state index is 1.02. The molecule has 12 heavy (non-hydrogen) atoms. The molecule has 0 aliphatic carbocycles. The molecule has 0 radical (unpaired) electrons. The van der Waals surface area contributed by atoms with Gasteiger partial charge in [-0.2, -0.15) is 0 Å². The third-order valence-electron chi connectivity index (χ3n) is 1.39. The molecule has 64 valence electrons. The van der Waals surface area contributed by atoms with Crippen LogP contribution in [0.3, 0.4) is 0 Å². The summed E-state index contributed by atoms with van der Waals surface area (Å²) in [6.45, 7) is 7.82. The van der Waals surface area contributed by atoms with Crippen LogP contribution in [-0.4, -0.2) is 0 Å². The Hall–Kier alpha value is -0.890. The maximum Gasteiger partial charge on any atom is 0.0701 e. The number of hydrogen-bond donors (Lipinski definition) is 1. The van der Waals surface area contributed by atoms with Crippen molar-refractivity contribution < 1.29 is 0 Å². The highest BCUT2D eigenvalue weighted by Crippen LogP contribution is 2.39. The van der Waals surface area contributed by atoms with E-state index >= 15 is 0 Å². The molecule has 0 bridgehead atoms. The highest BCUT2D eigenvalue weighted by Gasteiger charge is 2.11. The first kappa shape index (κ1) is 9.20. The number of benzene rings is 1. The first-order valence-corrected chi connectivity index (χ1v) is 4.91. The zero-order valence-electron chi connectivity index (χ0n) is 7.42. The molecule has 2 heteroatoms. The maximum atomic E-state index is 3.82. The van der Waals surface area contributed by atoms with Crippen molar-refractivity contribution in [2.75, 3.05) is 5.32 Å². The molecule has 0 spiro atoms. The summed E-state index contributed by atoms with van der Waals surface area (Å²) < 4.78 is 0. The van der Waals surface area contributed by atoms with Gasteiger partial charge in [0.2, 0.25) is 0 Å². The molecule has 1 aromatic rings. The van der Waals surface area contributed by atoms with E-state index in [-0.39, 0.29) is 0 Å². The van der Waals surface area contributed by atoms with Crippen molar-refractivity contribution in [2.24, 2.45) is 0 Å². The van der Waals surface area contributed by atoms with E-state index in [1.165, 1.54) is 10.6 Å². The van der Waals surface area contributed by atoms with Gasteiger partial charge in [0, 0.05) is 4.90 Å². The maximum absolute atomic E-state index is 3.82. The smallest absolute Gasteiger partial charge is 0.0701 e. The van der Waals surface area contributed by atoms with E-state index in [2.05, 4.69) is 24.0 Å². The van der Waals surface area contributed by atoms with Gasteiger partial charge in [-0.25, -0.2) is 0 Å². The summed E-state index contributed by atoms with van der Waals surface area (Å²) >= 11 is 1.69. The van der Waals surface area contributed by atoms with Gasteiger partial charge in [-0.15, -0.1) is 0 Å². The molecule has 0 saturated carbocycles. The molecule has 0 atom stereocenters.